The molecule has 7 heteroatoms. The van der Waals surface area contributed by atoms with Crippen LogP contribution >= 0.6 is 11.3 Å². The van der Waals surface area contributed by atoms with Gasteiger partial charge in [0.15, 0.2) is 10.8 Å². The lowest BCUT2D eigenvalue weighted by Gasteiger charge is -2.19. The van der Waals surface area contributed by atoms with E-state index in [1.807, 2.05) is 19.1 Å². The van der Waals surface area contributed by atoms with Crippen molar-refractivity contribution < 1.29 is 19.1 Å². The molecule has 22 heavy (non-hydrogen) atoms. The lowest BCUT2D eigenvalue weighted by atomic mass is 10.3. The fourth-order valence-electron chi connectivity index (χ4n) is 2.28. The number of aromatic nitrogens is 1. The monoisotopic (exact) mass is 320 g/mol. The van der Waals surface area contributed by atoms with Crippen molar-refractivity contribution in [3.63, 3.8) is 0 Å². The molecule has 0 unspecified atom stereocenters. The smallest absolute Gasteiger partial charge is 0.323 e. The Morgan fingerprint density at radius 2 is 2.14 bits per heavy atom. The van der Waals surface area contributed by atoms with E-state index >= 15 is 0 Å². The molecule has 1 N–H and O–H groups in total. The highest BCUT2D eigenvalue weighted by atomic mass is 32.1. The maximum atomic E-state index is 12.6. The lowest BCUT2D eigenvalue weighted by Crippen LogP contribution is -2.37. The second kappa shape index (κ2) is 5.57. The van der Waals surface area contributed by atoms with Crippen LogP contribution in [0.1, 0.15) is 34.0 Å². The quantitative estimate of drug-likeness (QED) is 0.915. The first-order valence-electron chi connectivity index (χ1n) is 7.02. The Labute approximate surface area is 131 Å². The molecule has 1 aliphatic carbocycles. The van der Waals surface area contributed by atoms with Gasteiger partial charge in [0, 0.05) is 6.04 Å². The van der Waals surface area contributed by atoms with Gasteiger partial charge in [0.1, 0.15) is 17.2 Å². The zero-order valence-corrected chi connectivity index (χ0v) is 13.1. The fraction of sp³-hybridized carbons (Fsp3) is 0.400. The number of hydrogen-bond acceptors (Lipinski definition) is 5. The molecule has 0 radical (unpaired) electrons. The molecule has 3 rings (SSSR count). The average molecular weight is 320 g/mol. The average Bonchev–Trinajstić information content (AvgIpc) is 3.09. The molecule has 1 amide bonds. The molecule has 116 valence electrons. The molecule has 0 aliphatic heterocycles. The van der Waals surface area contributed by atoms with Gasteiger partial charge in [-0.3, -0.25) is 9.59 Å². The zero-order valence-electron chi connectivity index (χ0n) is 12.3. The van der Waals surface area contributed by atoms with Crippen molar-refractivity contribution >= 4 is 23.2 Å². The fourth-order valence-corrected chi connectivity index (χ4v) is 3.26. The Morgan fingerprint density at radius 1 is 1.41 bits per heavy atom. The molecule has 1 aliphatic rings. The van der Waals surface area contributed by atoms with Crippen molar-refractivity contribution in [3.05, 3.63) is 28.5 Å². The van der Waals surface area contributed by atoms with Crippen LogP contribution in [0.5, 0.6) is 0 Å². The second-order valence-electron chi connectivity index (χ2n) is 5.40. The third-order valence-electron chi connectivity index (χ3n) is 3.50. The van der Waals surface area contributed by atoms with Gasteiger partial charge in [-0.25, -0.2) is 4.98 Å². The number of nitrogens with zero attached hydrogens (tertiary/aromatic N) is 2. The molecule has 0 bridgehead atoms. The Kier molecular flexibility index (Phi) is 3.74. The molecule has 2 heterocycles. The van der Waals surface area contributed by atoms with Crippen LogP contribution in [0.4, 0.5) is 0 Å². The number of carboxylic acids is 1. The van der Waals surface area contributed by atoms with Crippen molar-refractivity contribution in [2.45, 2.75) is 32.7 Å². The number of thiazole rings is 1. The minimum atomic E-state index is -0.996. The third-order valence-corrected chi connectivity index (χ3v) is 4.66. The highest BCUT2D eigenvalue weighted by Crippen LogP contribution is 2.33. The predicted octanol–water partition coefficient (Wildman–Crippen LogP) is 2.71. The van der Waals surface area contributed by atoms with Crippen LogP contribution in [-0.2, 0) is 4.79 Å². The van der Waals surface area contributed by atoms with Crippen LogP contribution in [-0.4, -0.2) is 39.5 Å². The van der Waals surface area contributed by atoms with Gasteiger partial charge in [0.2, 0.25) is 0 Å². The Balaban J connectivity index is 1.88. The molecule has 6 nitrogen and oxygen atoms in total. The molecule has 2 aromatic heterocycles. The Bertz CT molecular complexity index is 730. The van der Waals surface area contributed by atoms with E-state index in [1.165, 1.54) is 16.2 Å². The van der Waals surface area contributed by atoms with Crippen LogP contribution in [0.15, 0.2) is 16.5 Å². The largest absolute Gasteiger partial charge is 0.480 e. The van der Waals surface area contributed by atoms with Crippen molar-refractivity contribution in [1.29, 1.82) is 0 Å². The van der Waals surface area contributed by atoms with Crippen LogP contribution in [0.3, 0.4) is 0 Å². The summed E-state index contributed by atoms with van der Waals surface area (Å²) in [6.45, 7) is 3.34. The SMILES string of the molecule is Cc1ccc(-c2nc(C)c(C(=O)N(CC(=O)O)C3CC3)s2)o1. The summed E-state index contributed by atoms with van der Waals surface area (Å²) in [6, 6.07) is 3.70. The van der Waals surface area contributed by atoms with E-state index in [4.69, 9.17) is 9.52 Å². The van der Waals surface area contributed by atoms with Gasteiger partial charge in [0.25, 0.3) is 5.91 Å². The van der Waals surface area contributed by atoms with E-state index in [2.05, 4.69) is 4.98 Å². The minimum absolute atomic E-state index is 0.0411. The first-order valence-corrected chi connectivity index (χ1v) is 7.84. The first kappa shape index (κ1) is 14.8. The summed E-state index contributed by atoms with van der Waals surface area (Å²) in [5, 5.41) is 9.63. The Morgan fingerprint density at radius 3 is 2.68 bits per heavy atom. The number of carbonyl (C=O) groups is 2. The van der Waals surface area contributed by atoms with Gasteiger partial charge < -0.3 is 14.4 Å². The molecular formula is C15H16N2O4S. The van der Waals surface area contributed by atoms with E-state index in [-0.39, 0.29) is 18.5 Å². The number of aliphatic carboxylic acids is 1. The number of hydrogen-bond donors (Lipinski definition) is 1. The number of furan rings is 1. The van der Waals surface area contributed by atoms with Crippen LogP contribution < -0.4 is 0 Å². The third kappa shape index (κ3) is 2.89. The molecule has 0 atom stereocenters. The van der Waals surface area contributed by atoms with E-state index < -0.39 is 5.97 Å². The van der Waals surface area contributed by atoms with Gasteiger partial charge in [-0.05, 0) is 38.8 Å². The van der Waals surface area contributed by atoms with Crippen molar-refractivity contribution in [1.82, 2.24) is 9.88 Å². The lowest BCUT2D eigenvalue weighted by molar-refractivity contribution is -0.137. The number of carbonyl (C=O) groups excluding carboxylic acids is 1. The van der Waals surface area contributed by atoms with Gasteiger partial charge in [-0.1, -0.05) is 0 Å². The highest BCUT2D eigenvalue weighted by Gasteiger charge is 2.36. The van der Waals surface area contributed by atoms with Crippen LogP contribution in [0.2, 0.25) is 0 Å². The van der Waals surface area contributed by atoms with E-state index in [0.29, 0.717) is 21.3 Å². The standard InChI is InChI=1S/C15H16N2O4S/c1-8-3-6-11(21-8)14-16-9(2)13(22-14)15(20)17(7-12(18)19)10-4-5-10/h3,6,10H,4-5,7H2,1-2H3,(H,18,19). The van der Waals surface area contributed by atoms with Gasteiger partial charge in [-0.15, -0.1) is 11.3 Å². The molecule has 2 aromatic rings. The molecule has 1 fully saturated rings. The highest BCUT2D eigenvalue weighted by molar-refractivity contribution is 7.17. The van der Waals surface area contributed by atoms with E-state index in [0.717, 1.165) is 18.6 Å². The number of aryl methyl sites for hydroxylation is 2. The van der Waals surface area contributed by atoms with E-state index in [1.54, 1.807) is 6.92 Å². The second-order valence-corrected chi connectivity index (χ2v) is 6.40. The minimum Gasteiger partial charge on any atom is -0.480 e. The first-order chi connectivity index (χ1) is 10.5. The summed E-state index contributed by atoms with van der Waals surface area (Å²) >= 11 is 1.25. The van der Waals surface area contributed by atoms with Crippen LogP contribution in [0, 0.1) is 13.8 Å². The maximum absolute atomic E-state index is 12.6. The van der Waals surface area contributed by atoms with Crippen molar-refractivity contribution in [2.24, 2.45) is 0 Å². The van der Waals surface area contributed by atoms with Crippen molar-refractivity contribution in [2.75, 3.05) is 6.54 Å². The zero-order chi connectivity index (χ0) is 15.9. The summed E-state index contributed by atoms with van der Waals surface area (Å²) in [4.78, 5) is 29.9. The maximum Gasteiger partial charge on any atom is 0.323 e. The Hall–Kier alpha value is -2.15. The number of carboxylic acid groups (broad SMARTS) is 1. The molecule has 1 saturated carbocycles. The van der Waals surface area contributed by atoms with Crippen LogP contribution in [0.25, 0.3) is 10.8 Å². The summed E-state index contributed by atoms with van der Waals surface area (Å²) in [7, 11) is 0. The number of rotatable bonds is 5. The summed E-state index contributed by atoms with van der Waals surface area (Å²) in [6.07, 6.45) is 1.72. The summed E-state index contributed by atoms with van der Waals surface area (Å²) in [5.74, 6) is 0.154. The molecule has 0 spiro atoms. The van der Waals surface area contributed by atoms with E-state index in [9.17, 15) is 9.59 Å². The normalized spacial score (nSPS) is 14.1. The topological polar surface area (TPSA) is 83.6 Å². The molecule has 0 aromatic carbocycles. The summed E-state index contributed by atoms with van der Waals surface area (Å²) in [5.41, 5.74) is 0.607. The van der Waals surface area contributed by atoms with Gasteiger partial charge in [0.05, 0.1) is 5.69 Å². The van der Waals surface area contributed by atoms with Gasteiger partial charge >= 0.3 is 5.97 Å². The predicted molar refractivity (Wildman–Crippen MR) is 81.0 cm³/mol. The molecule has 0 saturated heterocycles. The number of amides is 1. The van der Waals surface area contributed by atoms with Gasteiger partial charge in [-0.2, -0.15) is 0 Å². The van der Waals surface area contributed by atoms with Crippen molar-refractivity contribution in [3.8, 4) is 10.8 Å². The summed E-state index contributed by atoms with van der Waals surface area (Å²) < 4.78 is 5.53. The molecular weight excluding hydrogens is 304 g/mol.